The highest BCUT2D eigenvalue weighted by molar-refractivity contribution is 7.99. The van der Waals surface area contributed by atoms with Crippen molar-refractivity contribution in [1.82, 2.24) is 10.2 Å². The minimum absolute atomic E-state index is 0.112. The molecule has 0 radical (unpaired) electrons. The van der Waals surface area contributed by atoms with Gasteiger partial charge in [-0.25, -0.2) is 9.59 Å². The van der Waals surface area contributed by atoms with Crippen LogP contribution in [0.25, 0.3) is 0 Å². The van der Waals surface area contributed by atoms with Crippen LogP contribution in [-0.4, -0.2) is 57.8 Å². The normalized spacial score (nSPS) is 23.6. The van der Waals surface area contributed by atoms with Crippen molar-refractivity contribution in [1.29, 1.82) is 0 Å². The third-order valence-corrected chi connectivity index (χ3v) is 4.02. The number of carbonyl (C=O) groups is 2. The summed E-state index contributed by atoms with van der Waals surface area (Å²) in [6.07, 6.45) is -5.06. The number of nitrogens with zero attached hydrogens (tertiary/aromatic N) is 1. The van der Waals surface area contributed by atoms with Crippen LogP contribution >= 0.6 is 11.8 Å². The van der Waals surface area contributed by atoms with Gasteiger partial charge in [0.15, 0.2) is 0 Å². The van der Waals surface area contributed by atoms with Gasteiger partial charge in [-0.05, 0) is 6.92 Å². The van der Waals surface area contributed by atoms with Crippen molar-refractivity contribution in [3.8, 4) is 0 Å². The Hall–Kier alpha value is -1.12. The van der Waals surface area contributed by atoms with E-state index in [-0.39, 0.29) is 5.25 Å². The molecule has 1 saturated heterocycles. The largest absolute Gasteiger partial charge is 0.479 e. The predicted octanol–water partition coefficient (Wildman–Crippen LogP) is 1.54. The fourth-order valence-electron chi connectivity index (χ4n) is 1.54. The Morgan fingerprint density at radius 2 is 2.00 bits per heavy atom. The van der Waals surface area contributed by atoms with E-state index in [1.54, 1.807) is 17.1 Å². The van der Waals surface area contributed by atoms with Gasteiger partial charge < -0.3 is 15.3 Å². The highest BCUT2D eigenvalue weighted by Gasteiger charge is 2.58. The van der Waals surface area contributed by atoms with Gasteiger partial charge in [0, 0.05) is 24.1 Å². The van der Waals surface area contributed by atoms with Crippen LogP contribution in [-0.2, 0) is 4.79 Å². The van der Waals surface area contributed by atoms with Gasteiger partial charge in [-0.2, -0.15) is 24.9 Å². The first kappa shape index (κ1) is 15.9. The molecule has 9 heteroatoms. The highest BCUT2D eigenvalue weighted by atomic mass is 32.2. The maximum absolute atomic E-state index is 12.7. The van der Waals surface area contributed by atoms with Crippen molar-refractivity contribution in [2.24, 2.45) is 0 Å². The zero-order valence-electron chi connectivity index (χ0n) is 10.5. The first-order valence-corrected chi connectivity index (χ1v) is 6.61. The van der Waals surface area contributed by atoms with E-state index in [4.69, 9.17) is 5.11 Å². The topological polar surface area (TPSA) is 69.6 Å². The number of alkyl halides is 3. The number of rotatable bonds is 2. The third kappa shape index (κ3) is 3.46. The first-order valence-electron chi connectivity index (χ1n) is 5.56. The number of aliphatic carboxylic acids is 1. The molecule has 0 spiro atoms. The van der Waals surface area contributed by atoms with Crippen molar-refractivity contribution in [2.75, 3.05) is 18.8 Å². The molecular formula is C10H15F3N2O3S. The van der Waals surface area contributed by atoms with Crippen molar-refractivity contribution >= 4 is 23.8 Å². The summed E-state index contributed by atoms with van der Waals surface area (Å²) in [6, 6.07) is -1.01. The molecule has 110 valence electrons. The van der Waals surface area contributed by atoms with Crippen LogP contribution in [0.4, 0.5) is 18.0 Å². The lowest BCUT2D eigenvalue weighted by Crippen LogP contribution is -2.64. The molecule has 0 saturated carbocycles. The molecule has 0 aromatic carbocycles. The van der Waals surface area contributed by atoms with Gasteiger partial charge in [0.2, 0.25) is 5.54 Å². The molecule has 2 amide bonds. The van der Waals surface area contributed by atoms with E-state index in [0.29, 0.717) is 25.8 Å². The molecule has 2 atom stereocenters. The van der Waals surface area contributed by atoms with Gasteiger partial charge >= 0.3 is 18.2 Å². The van der Waals surface area contributed by atoms with Gasteiger partial charge in [-0.15, -0.1) is 0 Å². The van der Waals surface area contributed by atoms with E-state index in [1.807, 2.05) is 6.92 Å². The van der Waals surface area contributed by atoms with Gasteiger partial charge in [0.1, 0.15) is 0 Å². The average Bonchev–Trinajstić information content (AvgIpc) is 2.27. The first-order chi connectivity index (χ1) is 8.58. The predicted molar refractivity (Wildman–Crippen MR) is 64.1 cm³/mol. The summed E-state index contributed by atoms with van der Waals surface area (Å²) in [5, 5.41) is 10.4. The maximum atomic E-state index is 12.7. The van der Waals surface area contributed by atoms with Crippen LogP contribution in [0.2, 0.25) is 0 Å². The van der Waals surface area contributed by atoms with Crippen LogP contribution in [0.1, 0.15) is 13.8 Å². The van der Waals surface area contributed by atoms with Crippen LogP contribution in [0, 0.1) is 0 Å². The summed E-state index contributed by atoms with van der Waals surface area (Å²) >= 11 is 1.61. The Balaban J connectivity index is 2.80. The molecule has 0 aromatic rings. The van der Waals surface area contributed by atoms with Gasteiger partial charge in [-0.1, -0.05) is 6.92 Å². The third-order valence-electron chi connectivity index (χ3n) is 2.88. The lowest BCUT2D eigenvalue weighted by atomic mass is 10.0. The number of hydrogen-bond donors (Lipinski definition) is 2. The quantitative estimate of drug-likeness (QED) is 0.811. The second-order valence-electron chi connectivity index (χ2n) is 4.49. The summed E-state index contributed by atoms with van der Waals surface area (Å²) < 4.78 is 38.2. The maximum Gasteiger partial charge on any atom is 0.422 e. The standard InChI is InChI=1S/C10H15F3N2O3S/c1-6-5-15(3-4-19-6)8(18)14-9(2,7(16)17)10(11,12)13/h6H,3-5H2,1-2H3,(H,14,18)(H,16,17). The van der Waals surface area contributed by atoms with E-state index in [1.165, 1.54) is 4.90 Å². The van der Waals surface area contributed by atoms with Gasteiger partial charge in [0.25, 0.3) is 0 Å². The Bertz CT molecular complexity index is 378. The van der Waals surface area contributed by atoms with Crippen molar-refractivity contribution in [2.45, 2.75) is 30.8 Å². The second kappa shape index (κ2) is 5.48. The molecule has 0 aliphatic carbocycles. The Kier molecular flexibility index (Phi) is 4.59. The van der Waals surface area contributed by atoms with Crippen molar-refractivity contribution in [3.63, 3.8) is 0 Å². The Morgan fingerprint density at radius 1 is 1.42 bits per heavy atom. The molecule has 1 rings (SSSR count). The lowest BCUT2D eigenvalue weighted by Gasteiger charge is -2.35. The molecule has 0 bridgehead atoms. The number of carbonyl (C=O) groups excluding carboxylic acids is 1. The van der Waals surface area contributed by atoms with Crippen LogP contribution in [0.5, 0.6) is 0 Å². The number of thioether (sulfide) groups is 1. The number of carboxylic acid groups (broad SMARTS) is 1. The second-order valence-corrected chi connectivity index (χ2v) is 6.03. The molecule has 2 unspecified atom stereocenters. The van der Waals surface area contributed by atoms with Gasteiger partial charge in [0.05, 0.1) is 0 Å². The Labute approximate surface area is 112 Å². The number of nitrogens with one attached hydrogen (secondary N) is 1. The molecule has 1 heterocycles. The number of halogens is 3. The van der Waals surface area contributed by atoms with E-state index >= 15 is 0 Å². The minimum atomic E-state index is -5.06. The minimum Gasteiger partial charge on any atom is -0.479 e. The molecule has 0 aromatic heterocycles. The molecule has 1 aliphatic heterocycles. The van der Waals surface area contributed by atoms with Crippen LogP contribution < -0.4 is 5.32 Å². The van der Waals surface area contributed by atoms with E-state index < -0.39 is 23.7 Å². The summed E-state index contributed by atoms with van der Waals surface area (Å²) in [5.41, 5.74) is -3.28. The Morgan fingerprint density at radius 3 is 2.42 bits per heavy atom. The molecule has 1 aliphatic rings. The van der Waals surface area contributed by atoms with Crippen LogP contribution in [0.3, 0.4) is 0 Å². The highest BCUT2D eigenvalue weighted by Crippen LogP contribution is 2.31. The fraction of sp³-hybridized carbons (Fsp3) is 0.800. The van der Waals surface area contributed by atoms with Crippen LogP contribution in [0.15, 0.2) is 0 Å². The number of amides is 2. The zero-order valence-corrected chi connectivity index (χ0v) is 11.3. The number of urea groups is 1. The fourth-order valence-corrected chi connectivity index (χ4v) is 2.55. The van der Waals surface area contributed by atoms with Crippen molar-refractivity contribution in [3.05, 3.63) is 0 Å². The molecule has 19 heavy (non-hydrogen) atoms. The van der Waals surface area contributed by atoms with Crippen molar-refractivity contribution < 1.29 is 27.9 Å². The van der Waals surface area contributed by atoms with Gasteiger partial charge in [-0.3, -0.25) is 0 Å². The van der Waals surface area contributed by atoms with E-state index in [9.17, 15) is 22.8 Å². The molecule has 2 N–H and O–H groups in total. The van der Waals surface area contributed by atoms with E-state index in [0.717, 1.165) is 0 Å². The summed E-state index contributed by atoms with van der Waals surface area (Å²) in [4.78, 5) is 23.7. The lowest BCUT2D eigenvalue weighted by molar-refractivity contribution is -0.203. The summed E-state index contributed by atoms with van der Waals surface area (Å²) in [6.45, 7) is 2.89. The molecule has 5 nitrogen and oxygen atoms in total. The van der Waals surface area contributed by atoms with E-state index in [2.05, 4.69) is 0 Å². The monoisotopic (exact) mass is 300 g/mol. The summed E-state index contributed by atoms with van der Waals surface area (Å²) in [7, 11) is 0. The summed E-state index contributed by atoms with van der Waals surface area (Å²) in [5.74, 6) is -1.52. The molecular weight excluding hydrogens is 285 g/mol. The SMILES string of the molecule is CC1CN(C(=O)NC(C)(C(=O)O)C(F)(F)F)CCS1. The number of hydrogen-bond acceptors (Lipinski definition) is 3. The number of carboxylic acids is 1. The average molecular weight is 300 g/mol. The zero-order chi connectivity index (χ0) is 14.8. The smallest absolute Gasteiger partial charge is 0.422 e. The molecule has 1 fully saturated rings.